The van der Waals surface area contributed by atoms with Crippen molar-refractivity contribution in [3.05, 3.63) is 22.5 Å². The van der Waals surface area contributed by atoms with E-state index in [1.165, 1.54) is 20.1 Å². The number of carbonyl (C=O) groups is 1. The summed E-state index contributed by atoms with van der Waals surface area (Å²) >= 11 is 5.62. The summed E-state index contributed by atoms with van der Waals surface area (Å²) < 4.78 is 18.4. The summed E-state index contributed by atoms with van der Waals surface area (Å²) in [6.07, 6.45) is 0.0649. The van der Waals surface area contributed by atoms with Crippen LogP contribution in [-0.4, -0.2) is 23.3 Å². The van der Waals surface area contributed by atoms with Gasteiger partial charge in [0.05, 0.1) is 18.1 Å². The van der Waals surface area contributed by atoms with Crippen molar-refractivity contribution in [3.8, 4) is 11.5 Å². The topological polar surface area (TPSA) is 66.8 Å². The summed E-state index contributed by atoms with van der Waals surface area (Å²) in [5.41, 5.74) is 0.308. The predicted octanol–water partition coefficient (Wildman–Crippen LogP) is 2.46. The highest BCUT2D eigenvalue weighted by Crippen LogP contribution is 2.37. The number of hydrogen-bond donors (Lipinski definition) is 2. The van der Waals surface area contributed by atoms with Crippen LogP contribution >= 0.6 is 11.6 Å². The quantitative estimate of drug-likeness (QED) is 0.875. The number of ether oxygens (including phenoxy) is 1. The largest absolute Gasteiger partial charge is 0.504 e. The van der Waals surface area contributed by atoms with Gasteiger partial charge in [-0.15, -0.1) is 0 Å². The van der Waals surface area contributed by atoms with Gasteiger partial charge in [0, 0.05) is 0 Å². The Bertz CT molecular complexity index is 448. The predicted molar refractivity (Wildman–Crippen MR) is 60.1 cm³/mol. The molecule has 6 heteroatoms. The molecule has 0 bridgehead atoms. The van der Waals surface area contributed by atoms with E-state index in [1.807, 2.05) is 0 Å². The van der Waals surface area contributed by atoms with Gasteiger partial charge in [-0.1, -0.05) is 18.5 Å². The second-order valence-electron chi connectivity index (χ2n) is 3.66. The van der Waals surface area contributed by atoms with Crippen molar-refractivity contribution in [2.45, 2.75) is 13.3 Å². The second kappa shape index (κ2) is 5.23. The number of benzene rings is 1. The normalized spacial score (nSPS) is 12.2. The minimum absolute atomic E-state index is 0.0649. The van der Waals surface area contributed by atoms with Crippen molar-refractivity contribution in [1.82, 2.24) is 0 Å². The number of phenolic OH excluding ortho intramolecular Hbond substituents is 1. The lowest BCUT2D eigenvalue weighted by atomic mass is 10.00. The van der Waals surface area contributed by atoms with E-state index in [0.29, 0.717) is 5.56 Å². The number of aliphatic carboxylic acids is 1. The van der Waals surface area contributed by atoms with Gasteiger partial charge in [0.25, 0.3) is 0 Å². The maximum Gasteiger partial charge on any atom is 0.306 e. The van der Waals surface area contributed by atoms with Gasteiger partial charge >= 0.3 is 5.97 Å². The Kier molecular flexibility index (Phi) is 4.17. The molecule has 94 valence electrons. The molecule has 0 aliphatic rings. The Morgan fingerprint density at radius 2 is 2.24 bits per heavy atom. The summed E-state index contributed by atoms with van der Waals surface area (Å²) in [5, 5.41) is 17.9. The number of hydrogen-bond acceptors (Lipinski definition) is 3. The molecule has 1 unspecified atom stereocenters. The SMILES string of the molecule is COc1c(CC(C)C(=O)O)cc(Cl)c(O)c1F. The van der Waals surface area contributed by atoms with E-state index in [2.05, 4.69) is 0 Å². The third-order valence-electron chi connectivity index (χ3n) is 2.38. The lowest BCUT2D eigenvalue weighted by Crippen LogP contribution is -2.13. The van der Waals surface area contributed by atoms with E-state index in [-0.39, 0.29) is 17.2 Å². The Morgan fingerprint density at radius 3 is 2.71 bits per heavy atom. The number of rotatable bonds is 4. The molecule has 0 saturated heterocycles. The summed E-state index contributed by atoms with van der Waals surface area (Å²) in [5.74, 6) is -3.57. The fraction of sp³-hybridized carbons (Fsp3) is 0.364. The van der Waals surface area contributed by atoms with Gasteiger partial charge in [0.1, 0.15) is 0 Å². The molecule has 0 aliphatic heterocycles. The molecule has 2 N–H and O–H groups in total. The minimum Gasteiger partial charge on any atom is -0.504 e. The maximum absolute atomic E-state index is 13.6. The van der Waals surface area contributed by atoms with Crippen LogP contribution in [0, 0.1) is 11.7 Å². The van der Waals surface area contributed by atoms with Crippen molar-refractivity contribution in [2.24, 2.45) is 5.92 Å². The number of aromatic hydroxyl groups is 1. The van der Waals surface area contributed by atoms with Crippen LogP contribution < -0.4 is 4.74 Å². The highest BCUT2D eigenvalue weighted by atomic mass is 35.5. The van der Waals surface area contributed by atoms with E-state index in [1.54, 1.807) is 0 Å². The first kappa shape index (κ1) is 13.6. The molecular weight excluding hydrogens is 251 g/mol. The molecule has 0 radical (unpaired) electrons. The van der Waals surface area contributed by atoms with Crippen molar-refractivity contribution in [2.75, 3.05) is 7.11 Å². The summed E-state index contributed by atoms with van der Waals surface area (Å²) in [7, 11) is 1.24. The first-order valence-corrected chi connectivity index (χ1v) is 5.22. The highest BCUT2D eigenvalue weighted by Gasteiger charge is 2.21. The van der Waals surface area contributed by atoms with Crippen LogP contribution in [0.5, 0.6) is 11.5 Å². The maximum atomic E-state index is 13.6. The monoisotopic (exact) mass is 262 g/mol. The van der Waals surface area contributed by atoms with Crippen LogP contribution in [0.25, 0.3) is 0 Å². The van der Waals surface area contributed by atoms with E-state index in [9.17, 15) is 14.3 Å². The molecule has 0 heterocycles. The molecule has 0 fully saturated rings. The molecule has 0 aromatic heterocycles. The Morgan fingerprint density at radius 1 is 1.65 bits per heavy atom. The highest BCUT2D eigenvalue weighted by molar-refractivity contribution is 6.32. The molecule has 1 aromatic carbocycles. The van der Waals surface area contributed by atoms with Crippen molar-refractivity contribution >= 4 is 17.6 Å². The molecule has 0 saturated carbocycles. The third-order valence-corrected chi connectivity index (χ3v) is 2.67. The van der Waals surface area contributed by atoms with Crippen LogP contribution in [0.4, 0.5) is 4.39 Å². The summed E-state index contributed by atoms with van der Waals surface area (Å²) in [6.45, 7) is 1.49. The number of halogens is 2. The van der Waals surface area contributed by atoms with E-state index < -0.39 is 23.5 Å². The molecular formula is C11H12ClFO4. The van der Waals surface area contributed by atoms with Gasteiger partial charge in [0.2, 0.25) is 5.82 Å². The third kappa shape index (κ3) is 2.79. The average molecular weight is 263 g/mol. The van der Waals surface area contributed by atoms with Gasteiger partial charge < -0.3 is 14.9 Å². The first-order chi connectivity index (χ1) is 7.88. The Labute approximate surface area is 103 Å². The zero-order chi connectivity index (χ0) is 13.2. The Hall–Kier alpha value is -1.49. The molecule has 0 amide bonds. The molecule has 0 spiro atoms. The van der Waals surface area contributed by atoms with Crippen LogP contribution in [-0.2, 0) is 11.2 Å². The van der Waals surface area contributed by atoms with Crippen LogP contribution in [0.15, 0.2) is 6.07 Å². The lowest BCUT2D eigenvalue weighted by Gasteiger charge is -2.13. The van der Waals surface area contributed by atoms with E-state index in [4.69, 9.17) is 21.4 Å². The van der Waals surface area contributed by atoms with Crippen molar-refractivity contribution < 1.29 is 24.1 Å². The smallest absolute Gasteiger partial charge is 0.306 e. The molecule has 0 aliphatic carbocycles. The second-order valence-corrected chi connectivity index (χ2v) is 4.06. The number of carboxylic acids is 1. The average Bonchev–Trinajstić information content (AvgIpc) is 2.26. The summed E-state index contributed by atoms with van der Waals surface area (Å²) in [4.78, 5) is 10.7. The molecule has 1 rings (SSSR count). The Balaban J connectivity index is 3.19. The lowest BCUT2D eigenvalue weighted by molar-refractivity contribution is -0.141. The number of methoxy groups -OCH3 is 1. The van der Waals surface area contributed by atoms with Gasteiger partial charge in [-0.25, -0.2) is 0 Å². The van der Waals surface area contributed by atoms with E-state index in [0.717, 1.165) is 0 Å². The fourth-order valence-corrected chi connectivity index (χ4v) is 1.64. The van der Waals surface area contributed by atoms with Gasteiger partial charge in [0.15, 0.2) is 11.5 Å². The van der Waals surface area contributed by atoms with Crippen molar-refractivity contribution in [1.29, 1.82) is 0 Å². The number of carboxylic acid groups (broad SMARTS) is 1. The summed E-state index contributed by atoms with van der Waals surface area (Å²) in [6, 6.07) is 1.30. The van der Waals surface area contributed by atoms with Gasteiger partial charge in [-0.05, 0) is 18.1 Å². The molecule has 1 atom stereocenters. The van der Waals surface area contributed by atoms with Crippen molar-refractivity contribution in [3.63, 3.8) is 0 Å². The molecule has 4 nitrogen and oxygen atoms in total. The van der Waals surface area contributed by atoms with E-state index >= 15 is 0 Å². The van der Waals surface area contributed by atoms with Gasteiger partial charge in [-0.2, -0.15) is 4.39 Å². The van der Waals surface area contributed by atoms with Gasteiger partial charge in [-0.3, -0.25) is 4.79 Å². The minimum atomic E-state index is -1.00. The standard InChI is InChI=1S/C11H12ClFO4/c1-5(11(15)16)3-6-4-7(12)9(14)8(13)10(6)17-2/h4-5,14H,3H2,1-2H3,(H,15,16). The van der Waals surface area contributed by atoms with Crippen LogP contribution in [0.3, 0.4) is 0 Å². The van der Waals surface area contributed by atoms with Crippen LogP contribution in [0.1, 0.15) is 12.5 Å². The molecule has 1 aromatic rings. The number of phenols is 1. The zero-order valence-corrected chi connectivity index (χ0v) is 10.1. The zero-order valence-electron chi connectivity index (χ0n) is 9.33. The van der Waals surface area contributed by atoms with Crippen LogP contribution in [0.2, 0.25) is 5.02 Å². The first-order valence-electron chi connectivity index (χ1n) is 4.85. The molecule has 17 heavy (non-hydrogen) atoms. The fourth-order valence-electron chi connectivity index (χ4n) is 1.43.